The molecule has 0 nitrogen and oxygen atoms in total. The van der Waals surface area contributed by atoms with Crippen molar-refractivity contribution in [2.75, 3.05) is 0 Å². The van der Waals surface area contributed by atoms with Crippen molar-refractivity contribution >= 4 is 0 Å². The number of hydrogen-bond acceptors (Lipinski definition) is 0. The van der Waals surface area contributed by atoms with Crippen LogP contribution in [0.2, 0.25) is 0 Å². The van der Waals surface area contributed by atoms with Crippen LogP contribution in [0, 0.1) is 0 Å². The van der Waals surface area contributed by atoms with Gasteiger partial charge in [-0.2, -0.15) is 0 Å². The third-order valence-corrected chi connectivity index (χ3v) is 4.15. The zero-order valence-electron chi connectivity index (χ0n) is 8.87. The van der Waals surface area contributed by atoms with Crippen LogP contribution in [0.15, 0.2) is 20.5 Å². The molecule has 1 aliphatic rings. The molecule has 0 aromatic rings. The first kappa shape index (κ1) is 17.3. The molecule has 0 fully saturated rings. The van der Waals surface area contributed by atoms with Crippen LogP contribution in [-0.4, -0.2) is 0 Å². The maximum atomic E-state index is 2.44. The minimum atomic E-state index is 0. The third kappa shape index (κ3) is 4.64. The number of allylic oxidation sites excluding steroid dienone is 4. The molecule has 0 spiro atoms. The monoisotopic (exact) mass is 309 g/mol. The molecule has 0 radical (unpaired) electrons. The van der Waals surface area contributed by atoms with E-state index in [2.05, 4.69) is 19.9 Å². The van der Waals surface area contributed by atoms with Crippen LogP contribution in [0.1, 0.15) is 46.0 Å². The molecule has 0 aliphatic heterocycles. The second-order valence-corrected chi connectivity index (χ2v) is 4.60. The summed E-state index contributed by atoms with van der Waals surface area (Å²) in [4.78, 5) is 0. The summed E-state index contributed by atoms with van der Waals surface area (Å²) in [5.74, 6) is 0. The van der Waals surface area contributed by atoms with Gasteiger partial charge in [-0.1, -0.05) is 0 Å². The molecular weight excluding hydrogens is 294 g/mol. The number of unbranched alkanes of at least 4 members (excludes halogenated alkanes) is 1. The predicted octanol–water partition coefficient (Wildman–Crippen LogP) is -2.27. The topological polar surface area (TPSA) is 0 Å². The van der Waals surface area contributed by atoms with Crippen LogP contribution < -0.4 is 24.8 Å². The van der Waals surface area contributed by atoms with E-state index < -0.39 is 0 Å². The van der Waals surface area contributed by atoms with E-state index in [4.69, 9.17) is 0 Å². The smallest absolute Gasteiger partial charge is 1.00 e. The zero-order chi connectivity index (χ0) is 8.97. The van der Waals surface area contributed by atoms with E-state index in [-0.39, 0.29) is 24.8 Å². The van der Waals surface area contributed by atoms with E-state index in [0.29, 0.717) is 0 Å². The maximum Gasteiger partial charge on any atom is -1.00 e. The van der Waals surface area contributed by atoms with Gasteiger partial charge in [0.05, 0.1) is 0 Å². The van der Waals surface area contributed by atoms with Crippen molar-refractivity contribution < 1.29 is 49.5 Å². The van der Waals surface area contributed by atoms with Crippen LogP contribution in [0.4, 0.5) is 0 Å². The van der Waals surface area contributed by atoms with Crippen LogP contribution in [0.5, 0.6) is 0 Å². The fourth-order valence-corrected chi connectivity index (χ4v) is 2.84. The molecule has 0 bridgehead atoms. The average Bonchev–Trinajstić information content (AvgIpc) is 2.43. The quantitative estimate of drug-likeness (QED) is 0.549. The number of hydrogen-bond donors (Lipinski definition) is 0. The summed E-state index contributed by atoms with van der Waals surface area (Å²) in [5, 5.41) is 0. The first-order valence-electron chi connectivity index (χ1n) is 4.92. The number of rotatable bonds is 4. The Morgan fingerprint density at radius 2 is 1.93 bits per heavy atom. The Morgan fingerprint density at radius 1 is 1.29 bits per heavy atom. The van der Waals surface area contributed by atoms with Gasteiger partial charge in [0.15, 0.2) is 0 Å². The summed E-state index contributed by atoms with van der Waals surface area (Å²) in [6.07, 6.45) is 8.95. The molecule has 0 heterocycles. The summed E-state index contributed by atoms with van der Waals surface area (Å²) in [5.41, 5.74) is 3.35. The Balaban J connectivity index is 0. The van der Waals surface area contributed by atoms with Crippen LogP contribution in [-0.2, 0) is 24.7 Å². The van der Waals surface area contributed by atoms with E-state index in [1.807, 2.05) is 0 Å². The second-order valence-electron chi connectivity index (χ2n) is 3.37. The van der Waals surface area contributed by atoms with Crippen LogP contribution in [0.3, 0.4) is 0 Å². The number of halogens is 2. The summed E-state index contributed by atoms with van der Waals surface area (Å²) in [6.45, 7) is 4.54. The summed E-state index contributed by atoms with van der Waals surface area (Å²) >= 11 is 1.62. The minimum Gasteiger partial charge on any atom is -1.00 e. The molecule has 3 heteroatoms. The zero-order valence-corrected chi connectivity index (χ0v) is 12.8. The fourth-order valence-electron chi connectivity index (χ4n) is 1.59. The van der Waals surface area contributed by atoms with Crippen molar-refractivity contribution in [3.63, 3.8) is 0 Å². The van der Waals surface area contributed by atoms with E-state index >= 15 is 0 Å². The Hall–Kier alpha value is 0.943. The molecule has 0 saturated heterocycles. The molecule has 0 N–H and O–H groups in total. The fraction of sp³-hybridized carbons (Fsp3) is 0.636. The molecule has 0 amide bonds. The van der Waals surface area contributed by atoms with Crippen molar-refractivity contribution in [2.45, 2.75) is 46.0 Å². The van der Waals surface area contributed by atoms with E-state index in [9.17, 15) is 0 Å². The largest absolute Gasteiger partial charge is 1.00 e. The molecule has 0 saturated carbocycles. The van der Waals surface area contributed by atoms with Crippen LogP contribution in [0.25, 0.3) is 0 Å². The molecular formula is C11H17Cl2Zr. The summed E-state index contributed by atoms with van der Waals surface area (Å²) in [7, 11) is 0. The first-order chi connectivity index (χ1) is 5.79. The van der Waals surface area contributed by atoms with Crippen molar-refractivity contribution in [1.29, 1.82) is 0 Å². The Kier molecular flexibility index (Phi) is 11.4. The Bertz CT molecular complexity index is 219. The predicted molar refractivity (Wildman–Crippen MR) is 49.5 cm³/mol. The Labute approximate surface area is 115 Å². The first-order valence-corrected chi connectivity index (χ1v) is 6.15. The van der Waals surface area contributed by atoms with Crippen molar-refractivity contribution in [1.82, 2.24) is 0 Å². The molecule has 1 aliphatic carbocycles. The van der Waals surface area contributed by atoms with Crippen molar-refractivity contribution in [3.05, 3.63) is 20.5 Å². The summed E-state index contributed by atoms with van der Waals surface area (Å²) in [6, 6.07) is 0. The minimum absolute atomic E-state index is 0. The molecule has 0 aromatic heterocycles. The van der Waals surface area contributed by atoms with E-state index in [1.54, 1.807) is 39.1 Å². The molecule has 79 valence electrons. The summed E-state index contributed by atoms with van der Waals surface area (Å²) < 4.78 is 1.68. The molecule has 14 heavy (non-hydrogen) atoms. The van der Waals surface area contributed by atoms with Gasteiger partial charge in [-0.15, -0.1) is 0 Å². The van der Waals surface area contributed by atoms with Gasteiger partial charge in [-0.3, -0.25) is 0 Å². The van der Waals surface area contributed by atoms with Gasteiger partial charge in [0, 0.05) is 0 Å². The maximum absolute atomic E-state index is 2.44. The molecule has 1 rings (SSSR count). The standard InChI is InChI=1S/C11H17.2ClH.Zr/c1-3-5-6-11-8-7-10(4-2)9-11;;;/h8H,3-7H2,1-2H3;2*1H;/q;;;+2/p-2. The van der Waals surface area contributed by atoms with Crippen molar-refractivity contribution in [2.24, 2.45) is 0 Å². The van der Waals surface area contributed by atoms with Gasteiger partial charge in [-0.05, 0) is 0 Å². The second kappa shape index (κ2) is 9.19. The van der Waals surface area contributed by atoms with Gasteiger partial charge in [0.1, 0.15) is 0 Å². The molecule has 0 aromatic carbocycles. The van der Waals surface area contributed by atoms with Gasteiger partial charge < -0.3 is 24.8 Å². The SMILES string of the molecule is CCCCC1=CCC(CC)=[C]1[Zr+2].[Cl-].[Cl-]. The van der Waals surface area contributed by atoms with Crippen LogP contribution >= 0.6 is 0 Å². The van der Waals surface area contributed by atoms with Gasteiger partial charge >= 0.3 is 91.2 Å². The van der Waals surface area contributed by atoms with E-state index in [0.717, 1.165) is 0 Å². The van der Waals surface area contributed by atoms with Gasteiger partial charge in [-0.25, -0.2) is 0 Å². The normalized spacial score (nSPS) is 14.7. The van der Waals surface area contributed by atoms with Gasteiger partial charge in [0.2, 0.25) is 0 Å². The third-order valence-electron chi connectivity index (χ3n) is 2.50. The Morgan fingerprint density at radius 3 is 2.36 bits per heavy atom. The van der Waals surface area contributed by atoms with Gasteiger partial charge in [0.25, 0.3) is 0 Å². The average molecular weight is 311 g/mol. The van der Waals surface area contributed by atoms with Crippen molar-refractivity contribution in [3.8, 4) is 0 Å². The molecule has 0 unspecified atom stereocenters. The molecule has 0 atom stereocenters. The van der Waals surface area contributed by atoms with E-state index in [1.165, 1.54) is 32.1 Å².